The number of aromatic amines is 1. The third-order valence-corrected chi connectivity index (χ3v) is 3.07. The summed E-state index contributed by atoms with van der Waals surface area (Å²) in [4.78, 5) is 14.7. The maximum atomic E-state index is 13.1. The number of nitrogens with one attached hydrogen (secondary N) is 2. The Kier molecular flexibility index (Phi) is 3.99. The Bertz CT molecular complexity index is 659. The van der Waals surface area contributed by atoms with Crippen molar-refractivity contribution in [3.05, 3.63) is 28.8 Å². The van der Waals surface area contributed by atoms with Crippen LogP contribution in [-0.4, -0.2) is 22.0 Å². The molecule has 0 aliphatic heterocycles. The molecule has 1 amide bonds. The molecule has 0 spiro atoms. The van der Waals surface area contributed by atoms with Crippen molar-refractivity contribution in [3.8, 4) is 0 Å². The standard InChI is InChI=1S/C13H16FN3OS/c1-8(2)6-15-12(18)7-17-11-4-3-9(14)5-10(11)16-13(17)19/h3-5,8H,6-7H2,1-2H3,(H,15,18)(H,16,19). The fraction of sp³-hybridized carbons (Fsp3) is 0.385. The molecule has 0 aliphatic carbocycles. The molecule has 0 aliphatic rings. The third kappa shape index (κ3) is 3.20. The van der Waals surface area contributed by atoms with Crippen LogP contribution in [0.4, 0.5) is 4.39 Å². The van der Waals surface area contributed by atoms with Crippen molar-refractivity contribution in [1.82, 2.24) is 14.9 Å². The first-order valence-corrected chi connectivity index (χ1v) is 6.53. The average molecular weight is 281 g/mol. The number of rotatable bonds is 4. The number of H-pyrrole nitrogens is 1. The van der Waals surface area contributed by atoms with E-state index in [2.05, 4.69) is 10.3 Å². The van der Waals surface area contributed by atoms with Crippen LogP contribution in [0.25, 0.3) is 11.0 Å². The Balaban J connectivity index is 2.23. The maximum Gasteiger partial charge on any atom is 0.240 e. The van der Waals surface area contributed by atoms with E-state index in [9.17, 15) is 9.18 Å². The monoisotopic (exact) mass is 281 g/mol. The molecular formula is C13H16FN3OS. The smallest absolute Gasteiger partial charge is 0.240 e. The number of aromatic nitrogens is 2. The van der Waals surface area contributed by atoms with Crippen molar-refractivity contribution in [2.75, 3.05) is 6.54 Å². The van der Waals surface area contributed by atoms with Gasteiger partial charge in [-0.3, -0.25) is 4.79 Å². The fourth-order valence-corrected chi connectivity index (χ4v) is 2.08. The number of imidazole rings is 1. The number of carbonyl (C=O) groups excluding carboxylic acids is 1. The highest BCUT2D eigenvalue weighted by atomic mass is 32.1. The van der Waals surface area contributed by atoms with E-state index in [1.165, 1.54) is 12.1 Å². The number of nitrogens with zero attached hydrogens (tertiary/aromatic N) is 1. The molecule has 0 saturated carbocycles. The normalized spacial score (nSPS) is 11.2. The number of amides is 1. The van der Waals surface area contributed by atoms with Gasteiger partial charge in [0, 0.05) is 6.54 Å². The molecule has 0 unspecified atom stereocenters. The van der Waals surface area contributed by atoms with Gasteiger partial charge in [0.25, 0.3) is 0 Å². The predicted octanol–water partition coefficient (Wildman–Crippen LogP) is 2.61. The van der Waals surface area contributed by atoms with Crippen molar-refractivity contribution < 1.29 is 9.18 Å². The molecule has 0 bridgehead atoms. The molecular weight excluding hydrogens is 265 g/mol. The quantitative estimate of drug-likeness (QED) is 0.846. The lowest BCUT2D eigenvalue weighted by Gasteiger charge is -2.08. The van der Waals surface area contributed by atoms with E-state index in [1.54, 1.807) is 10.6 Å². The van der Waals surface area contributed by atoms with Crippen LogP contribution in [0, 0.1) is 16.5 Å². The molecule has 2 N–H and O–H groups in total. The molecule has 102 valence electrons. The molecule has 2 aromatic rings. The summed E-state index contributed by atoms with van der Waals surface area (Å²) in [5, 5.41) is 2.83. The van der Waals surface area contributed by atoms with E-state index in [4.69, 9.17) is 12.2 Å². The lowest BCUT2D eigenvalue weighted by molar-refractivity contribution is -0.121. The number of fused-ring (bicyclic) bond motifs is 1. The van der Waals surface area contributed by atoms with Gasteiger partial charge >= 0.3 is 0 Å². The first-order valence-electron chi connectivity index (χ1n) is 6.12. The van der Waals surface area contributed by atoms with Gasteiger partial charge in [0.05, 0.1) is 11.0 Å². The van der Waals surface area contributed by atoms with Crippen LogP contribution in [0.15, 0.2) is 18.2 Å². The minimum absolute atomic E-state index is 0.102. The predicted molar refractivity (Wildman–Crippen MR) is 74.9 cm³/mol. The van der Waals surface area contributed by atoms with Gasteiger partial charge in [-0.05, 0) is 36.3 Å². The summed E-state index contributed by atoms with van der Waals surface area (Å²) < 4.78 is 15.2. The van der Waals surface area contributed by atoms with Crippen molar-refractivity contribution in [3.63, 3.8) is 0 Å². The second kappa shape index (κ2) is 5.52. The molecule has 19 heavy (non-hydrogen) atoms. The minimum atomic E-state index is -0.333. The van der Waals surface area contributed by atoms with Gasteiger partial charge < -0.3 is 14.9 Å². The van der Waals surface area contributed by atoms with Crippen LogP contribution in [-0.2, 0) is 11.3 Å². The van der Waals surface area contributed by atoms with E-state index in [0.29, 0.717) is 22.8 Å². The van der Waals surface area contributed by atoms with E-state index < -0.39 is 0 Å². The largest absolute Gasteiger partial charge is 0.354 e. The zero-order valence-corrected chi connectivity index (χ0v) is 11.7. The topological polar surface area (TPSA) is 49.8 Å². The highest BCUT2D eigenvalue weighted by Gasteiger charge is 2.09. The molecule has 2 rings (SSSR count). The zero-order chi connectivity index (χ0) is 14.0. The molecule has 1 aromatic carbocycles. The average Bonchev–Trinajstić information content (AvgIpc) is 2.62. The summed E-state index contributed by atoms with van der Waals surface area (Å²) in [5.41, 5.74) is 1.33. The fourth-order valence-electron chi connectivity index (χ4n) is 1.81. The van der Waals surface area contributed by atoms with Crippen molar-refractivity contribution in [2.24, 2.45) is 5.92 Å². The van der Waals surface area contributed by atoms with Crippen molar-refractivity contribution >= 4 is 29.2 Å². The van der Waals surface area contributed by atoms with Gasteiger partial charge in [0.15, 0.2) is 4.77 Å². The lowest BCUT2D eigenvalue weighted by atomic mass is 10.2. The van der Waals surface area contributed by atoms with Gasteiger partial charge in [-0.2, -0.15) is 0 Å². The third-order valence-electron chi connectivity index (χ3n) is 2.75. The Labute approximate surface area is 115 Å². The van der Waals surface area contributed by atoms with E-state index in [1.807, 2.05) is 13.8 Å². The van der Waals surface area contributed by atoms with Crippen LogP contribution in [0.3, 0.4) is 0 Å². The molecule has 0 fully saturated rings. The van der Waals surface area contributed by atoms with Crippen molar-refractivity contribution in [2.45, 2.75) is 20.4 Å². The highest BCUT2D eigenvalue weighted by Crippen LogP contribution is 2.15. The van der Waals surface area contributed by atoms with E-state index in [-0.39, 0.29) is 18.3 Å². The zero-order valence-electron chi connectivity index (χ0n) is 10.9. The minimum Gasteiger partial charge on any atom is -0.354 e. The molecule has 6 heteroatoms. The van der Waals surface area contributed by atoms with Crippen LogP contribution >= 0.6 is 12.2 Å². The van der Waals surface area contributed by atoms with Gasteiger partial charge in [-0.1, -0.05) is 13.8 Å². The van der Waals surface area contributed by atoms with Crippen LogP contribution in [0.2, 0.25) is 0 Å². The lowest BCUT2D eigenvalue weighted by Crippen LogP contribution is -2.30. The van der Waals surface area contributed by atoms with Gasteiger partial charge in [-0.15, -0.1) is 0 Å². The van der Waals surface area contributed by atoms with Crippen molar-refractivity contribution in [1.29, 1.82) is 0 Å². The number of hydrogen-bond acceptors (Lipinski definition) is 2. The summed E-state index contributed by atoms with van der Waals surface area (Å²) in [6.07, 6.45) is 0. The molecule has 1 heterocycles. The summed E-state index contributed by atoms with van der Waals surface area (Å²) >= 11 is 5.16. The number of halogens is 1. The Morgan fingerprint density at radius 1 is 1.53 bits per heavy atom. The van der Waals surface area contributed by atoms with Gasteiger partial charge in [-0.25, -0.2) is 4.39 Å². The molecule has 0 radical (unpaired) electrons. The van der Waals surface area contributed by atoms with Crippen LogP contribution in [0.5, 0.6) is 0 Å². The number of carbonyl (C=O) groups is 1. The molecule has 1 aromatic heterocycles. The number of hydrogen-bond donors (Lipinski definition) is 2. The Morgan fingerprint density at radius 2 is 2.26 bits per heavy atom. The summed E-state index contributed by atoms with van der Waals surface area (Å²) in [6.45, 7) is 4.82. The molecule has 4 nitrogen and oxygen atoms in total. The maximum absolute atomic E-state index is 13.1. The second-order valence-corrected chi connectivity index (χ2v) is 5.26. The van der Waals surface area contributed by atoms with Gasteiger partial charge in [0.2, 0.25) is 5.91 Å². The van der Waals surface area contributed by atoms with E-state index >= 15 is 0 Å². The Hall–Kier alpha value is -1.69. The SMILES string of the molecule is CC(C)CNC(=O)Cn1c(=S)[nH]c2cc(F)ccc21. The number of benzene rings is 1. The van der Waals surface area contributed by atoms with Crippen LogP contribution < -0.4 is 5.32 Å². The summed E-state index contributed by atoms with van der Waals surface area (Å²) in [6, 6.07) is 4.34. The molecule has 0 saturated heterocycles. The first kappa shape index (κ1) is 13.7. The van der Waals surface area contributed by atoms with Crippen LogP contribution in [0.1, 0.15) is 13.8 Å². The summed E-state index contributed by atoms with van der Waals surface area (Å²) in [7, 11) is 0. The van der Waals surface area contributed by atoms with Gasteiger partial charge in [0.1, 0.15) is 12.4 Å². The highest BCUT2D eigenvalue weighted by molar-refractivity contribution is 7.71. The van der Waals surface area contributed by atoms with E-state index in [0.717, 1.165) is 5.52 Å². The molecule has 0 atom stereocenters. The Morgan fingerprint density at radius 3 is 2.95 bits per heavy atom. The summed E-state index contributed by atoms with van der Waals surface area (Å²) in [5.74, 6) is -0.0378. The second-order valence-electron chi connectivity index (χ2n) is 4.88. The first-order chi connectivity index (χ1) is 8.97.